The Morgan fingerprint density at radius 1 is 1.50 bits per heavy atom. The van der Waals surface area contributed by atoms with E-state index in [0.29, 0.717) is 6.10 Å². The average molecular weight is 223 g/mol. The molecule has 4 nitrogen and oxygen atoms in total. The zero-order valence-corrected chi connectivity index (χ0v) is 10.4. The summed E-state index contributed by atoms with van der Waals surface area (Å²) in [6, 6.07) is 0. The molecule has 0 saturated carbocycles. The Bertz CT molecular complexity index is 334. The predicted molar refractivity (Wildman–Crippen MR) is 62.3 cm³/mol. The predicted octanol–water partition coefficient (Wildman–Crippen LogP) is 2.14. The van der Waals surface area contributed by atoms with E-state index >= 15 is 0 Å². The van der Waals surface area contributed by atoms with Crippen LogP contribution in [0.25, 0.3) is 0 Å². The number of aryl methyl sites for hydroxylation is 1. The van der Waals surface area contributed by atoms with E-state index in [2.05, 4.69) is 35.5 Å². The summed E-state index contributed by atoms with van der Waals surface area (Å²) in [5.74, 6) is 1.07. The molecule has 90 valence electrons. The number of rotatable bonds is 3. The van der Waals surface area contributed by atoms with Gasteiger partial charge in [0.05, 0.1) is 6.10 Å². The van der Waals surface area contributed by atoms with Gasteiger partial charge in [0.15, 0.2) is 0 Å². The van der Waals surface area contributed by atoms with Gasteiger partial charge in [0.1, 0.15) is 12.2 Å². The van der Waals surface area contributed by atoms with Crippen molar-refractivity contribution in [3.63, 3.8) is 0 Å². The zero-order valence-electron chi connectivity index (χ0n) is 10.4. The van der Waals surface area contributed by atoms with E-state index in [9.17, 15) is 0 Å². The fraction of sp³-hybridized carbons (Fsp3) is 0.833. The molecular formula is C12H21N3O. The quantitative estimate of drug-likeness (QED) is 0.788. The summed E-state index contributed by atoms with van der Waals surface area (Å²) in [6.45, 7) is 7.44. The second-order valence-electron chi connectivity index (χ2n) is 5.46. The van der Waals surface area contributed by atoms with Gasteiger partial charge in [-0.05, 0) is 40.0 Å². The van der Waals surface area contributed by atoms with Crippen LogP contribution in [0.4, 0.5) is 0 Å². The van der Waals surface area contributed by atoms with Crippen molar-refractivity contribution in [2.75, 3.05) is 6.61 Å². The smallest absolute Gasteiger partial charge is 0.133 e. The SMILES string of the molecule is CC(C)(C)n1cnnc1CCC1CCCO1. The number of nitrogens with zero attached hydrogens (tertiary/aromatic N) is 3. The second-order valence-corrected chi connectivity index (χ2v) is 5.46. The summed E-state index contributed by atoms with van der Waals surface area (Å²) in [5.41, 5.74) is 0.0648. The highest BCUT2D eigenvalue weighted by molar-refractivity contribution is 4.93. The number of ether oxygens (including phenoxy) is 1. The molecule has 0 bridgehead atoms. The largest absolute Gasteiger partial charge is 0.378 e. The van der Waals surface area contributed by atoms with Crippen molar-refractivity contribution in [1.29, 1.82) is 0 Å². The summed E-state index contributed by atoms with van der Waals surface area (Å²) < 4.78 is 7.77. The van der Waals surface area contributed by atoms with Crippen molar-refractivity contribution < 1.29 is 4.74 Å². The zero-order chi connectivity index (χ0) is 11.6. The number of hydrogen-bond donors (Lipinski definition) is 0. The molecule has 0 radical (unpaired) electrons. The minimum atomic E-state index is 0.0648. The molecular weight excluding hydrogens is 202 g/mol. The van der Waals surface area contributed by atoms with Crippen molar-refractivity contribution >= 4 is 0 Å². The Balaban J connectivity index is 1.96. The number of aromatic nitrogens is 3. The Hall–Kier alpha value is -0.900. The van der Waals surface area contributed by atoms with Crippen LogP contribution in [0.5, 0.6) is 0 Å². The Kier molecular flexibility index (Phi) is 3.28. The Labute approximate surface area is 97.0 Å². The van der Waals surface area contributed by atoms with Gasteiger partial charge in [-0.15, -0.1) is 10.2 Å². The van der Waals surface area contributed by atoms with E-state index in [0.717, 1.165) is 25.3 Å². The van der Waals surface area contributed by atoms with Crippen LogP contribution < -0.4 is 0 Å². The molecule has 2 rings (SSSR count). The minimum Gasteiger partial charge on any atom is -0.378 e. The lowest BCUT2D eigenvalue weighted by Crippen LogP contribution is -2.24. The normalized spacial score (nSPS) is 21.6. The van der Waals surface area contributed by atoms with Gasteiger partial charge in [0, 0.05) is 18.6 Å². The van der Waals surface area contributed by atoms with Crippen molar-refractivity contribution in [2.45, 2.75) is 58.1 Å². The average Bonchev–Trinajstić information content (AvgIpc) is 2.85. The van der Waals surface area contributed by atoms with Crippen LogP contribution in [0.2, 0.25) is 0 Å². The van der Waals surface area contributed by atoms with E-state index in [1.807, 2.05) is 6.33 Å². The summed E-state index contributed by atoms with van der Waals surface area (Å²) in [4.78, 5) is 0. The van der Waals surface area contributed by atoms with Gasteiger partial charge >= 0.3 is 0 Å². The van der Waals surface area contributed by atoms with Crippen LogP contribution in [0, 0.1) is 0 Å². The van der Waals surface area contributed by atoms with Crippen LogP contribution in [0.15, 0.2) is 6.33 Å². The maximum atomic E-state index is 5.62. The fourth-order valence-electron chi connectivity index (χ4n) is 2.15. The van der Waals surface area contributed by atoms with E-state index in [-0.39, 0.29) is 5.54 Å². The molecule has 1 atom stereocenters. The van der Waals surface area contributed by atoms with Gasteiger partial charge in [0.2, 0.25) is 0 Å². The minimum absolute atomic E-state index is 0.0648. The maximum absolute atomic E-state index is 5.62. The third-order valence-electron chi connectivity index (χ3n) is 3.05. The van der Waals surface area contributed by atoms with Crippen molar-refractivity contribution in [3.8, 4) is 0 Å². The molecule has 1 aromatic heterocycles. The molecule has 0 amide bonds. The van der Waals surface area contributed by atoms with Crippen LogP contribution in [0.1, 0.15) is 45.9 Å². The molecule has 0 N–H and O–H groups in total. The van der Waals surface area contributed by atoms with Gasteiger partial charge < -0.3 is 9.30 Å². The van der Waals surface area contributed by atoms with Crippen molar-refractivity contribution in [3.05, 3.63) is 12.2 Å². The molecule has 16 heavy (non-hydrogen) atoms. The highest BCUT2D eigenvalue weighted by atomic mass is 16.5. The van der Waals surface area contributed by atoms with Crippen LogP contribution in [0.3, 0.4) is 0 Å². The van der Waals surface area contributed by atoms with Gasteiger partial charge in [0.25, 0.3) is 0 Å². The first-order valence-electron chi connectivity index (χ1n) is 6.08. The van der Waals surface area contributed by atoms with Crippen LogP contribution in [-0.2, 0) is 16.7 Å². The lowest BCUT2D eigenvalue weighted by molar-refractivity contribution is 0.103. The van der Waals surface area contributed by atoms with E-state index in [1.54, 1.807) is 0 Å². The van der Waals surface area contributed by atoms with E-state index in [4.69, 9.17) is 4.74 Å². The molecule has 1 aliphatic rings. The molecule has 1 aliphatic heterocycles. The van der Waals surface area contributed by atoms with Crippen molar-refractivity contribution in [1.82, 2.24) is 14.8 Å². The van der Waals surface area contributed by atoms with E-state index in [1.165, 1.54) is 12.8 Å². The Morgan fingerprint density at radius 3 is 2.94 bits per heavy atom. The molecule has 0 spiro atoms. The summed E-state index contributed by atoms with van der Waals surface area (Å²) in [6.07, 6.45) is 6.69. The Morgan fingerprint density at radius 2 is 2.31 bits per heavy atom. The standard InChI is InChI=1S/C12H21N3O/c1-12(2,3)15-9-13-14-11(15)7-6-10-5-4-8-16-10/h9-10H,4-8H2,1-3H3. The highest BCUT2D eigenvalue weighted by Crippen LogP contribution is 2.20. The third-order valence-corrected chi connectivity index (χ3v) is 3.05. The van der Waals surface area contributed by atoms with Crippen LogP contribution >= 0.6 is 0 Å². The highest BCUT2D eigenvalue weighted by Gasteiger charge is 2.20. The molecule has 4 heteroatoms. The molecule has 1 fully saturated rings. The monoisotopic (exact) mass is 223 g/mol. The van der Waals surface area contributed by atoms with Gasteiger partial charge in [-0.25, -0.2) is 0 Å². The number of hydrogen-bond acceptors (Lipinski definition) is 3. The lowest BCUT2D eigenvalue weighted by atomic mass is 10.1. The van der Waals surface area contributed by atoms with E-state index < -0.39 is 0 Å². The molecule has 0 aliphatic carbocycles. The topological polar surface area (TPSA) is 39.9 Å². The molecule has 0 aromatic carbocycles. The summed E-state index contributed by atoms with van der Waals surface area (Å²) in [7, 11) is 0. The molecule has 2 heterocycles. The first kappa shape index (κ1) is 11.6. The molecule has 1 aromatic rings. The maximum Gasteiger partial charge on any atom is 0.133 e. The molecule has 1 saturated heterocycles. The summed E-state index contributed by atoms with van der Waals surface area (Å²) >= 11 is 0. The fourth-order valence-corrected chi connectivity index (χ4v) is 2.15. The summed E-state index contributed by atoms with van der Waals surface area (Å²) in [5, 5.41) is 8.21. The first-order valence-corrected chi connectivity index (χ1v) is 6.08. The third kappa shape index (κ3) is 2.61. The second kappa shape index (κ2) is 4.53. The first-order chi connectivity index (χ1) is 7.57. The van der Waals surface area contributed by atoms with Gasteiger partial charge in [-0.3, -0.25) is 0 Å². The molecule has 1 unspecified atom stereocenters. The van der Waals surface area contributed by atoms with Crippen LogP contribution in [-0.4, -0.2) is 27.5 Å². The lowest BCUT2D eigenvalue weighted by Gasteiger charge is -2.22. The van der Waals surface area contributed by atoms with Gasteiger partial charge in [-0.1, -0.05) is 0 Å². The van der Waals surface area contributed by atoms with Gasteiger partial charge in [-0.2, -0.15) is 0 Å². The van der Waals surface area contributed by atoms with Crippen molar-refractivity contribution in [2.24, 2.45) is 0 Å².